The number of hydrogen-bond acceptors (Lipinski definition) is 3. The van der Waals surface area contributed by atoms with Crippen LogP contribution in [0.25, 0.3) is 0 Å². The van der Waals surface area contributed by atoms with E-state index in [1.54, 1.807) is 24.3 Å². The molecule has 5 nitrogen and oxygen atoms in total. The summed E-state index contributed by atoms with van der Waals surface area (Å²) >= 11 is 5.91. The van der Waals surface area contributed by atoms with Gasteiger partial charge in [-0.15, -0.1) is 0 Å². The second kappa shape index (κ2) is 9.71. The van der Waals surface area contributed by atoms with Crippen molar-refractivity contribution in [3.8, 4) is 0 Å². The van der Waals surface area contributed by atoms with Gasteiger partial charge < -0.3 is 15.1 Å². The van der Waals surface area contributed by atoms with E-state index in [1.807, 2.05) is 35.2 Å². The Hall–Kier alpha value is -2.37. The van der Waals surface area contributed by atoms with E-state index >= 15 is 0 Å². The molecule has 6 heteroatoms. The molecule has 3 rings (SSSR count). The van der Waals surface area contributed by atoms with Gasteiger partial charge in [-0.2, -0.15) is 0 Å². The lowest BCUT2D eigenvalue weighted by atomic mass is 10.0. The maximum atomic E-state index is 13.2. The smallest absolute Gasteiger partial charge is 0.251 e. The molecule has 0 aromatic heterocycles. The van der Waals surface area contributed by atoms with Gasteiger partial charge in [0.2, 0.25) is 5.91 Å². The highest BCUT2D eigenvalue weighted by Crippen LogP contribution is 2.12. The number of piperazine rings is 1. The third kappa shape index (κ3) is 5.33. The van der Waals surface area contributed by atoms with Crippen molar-refractivity contribution in [2.75, 3.05) is 32.7 Å². The van der Waals surface area contributed by atoms with Gasteiger partial charge in [-0.1, -0.05) is 48.9 Å². The number of carbonyl (C=O) groups excluding carboxylic acids is 2. The summed E-state index contributed by atoms with van der Waals surface area (Å²) < 4.78 is 0. The Morgan fingerprint density at radius 3 is 2.25 bits per heavy atom. The zero-order valence-electron chi connectivity index (χ0n) is 16.1. The van der Waals surface area contributed by atoms with Crippen LogP contribution in [0.4, 0.5) is 0 Å². The highest BCUT2D eigenvalue weighted by Gasteiger charge is 2.28. The Labute approximate surface area is 171 Å². The second-order valence-electron chi connectivity index (χ2n) is 6.98. The topological polar surface area (TPSA) is 52.6 Å². The third-order valence-corrected chi connectivity index (χ3v) is 5.38. The van der Waals surface area contributed by atoms with E-state index in [0.717, 1.165) is 25.2 Å². The molecule has 0 bridgehead atoms. The Bertz CT molecular complexity index is 787. The standard InChI is InChI=1S/C22H26ClN3O2/c1-2-25-12-14-26(15-13-25)22(28)20(16-17-6-4-3-5-7-17)24-21(27)18-8-10-19(23)11-9-18/h3-11,20H,2,12-16H2,1H3,(H,24,27). The lowest BCUT2D eigenvalue weighted by Gasteiger charge is -2.36. The summed E-state index contributed by atoms with van der Waals surface area (Å²) in [5, 5.41) is 3.51. The number of amides is 2. The molecule has 0 spiro atoms. The average Bonchev–Trinajstić information content (AvgIpc) is 2.74. The van der Waals surface area contributed by atoms with Gasteiger partial charge in [0.1, 0.15) is 6.04 Å². The highest BCUT2D eigenvalue weighted by atomic mass is 35.5. The van der Waals surface area contributed by atoms with Crippen molar-refractivity contribution in [2.45, 2.75) is 19.4 Å². The lowest BCUT2D eigenvalue weighted by Crippen LogP contribution is -2.55. The Morgan fingerprint density at radius 1 is 1.00 bits per heavy atom. The molecule has 1 saturated heterocycles. The van der Waals surface area contributed by atoms with E-state index in [-0.39, 0.29) is 11.8 Å². The molecule has 148 valence electrons. The zero-order chi connectivity index (χ0) is 19.9. The van der Waals surface area contributed by atoms with Gasteiger partial charge >= 0.3 is 0 Å². The zero-order valence-corrected chi connectivity index (χ0v) is 16.9. The van der Waals surface area contributed by atoms with Gasteiger partial charge in [-0.3, -0.25) is 9.59 Å². The van der Waals surface area contributed by atoms with Crippen molar-refractivity contribution >= 4 is 23.4 Å². The first kappa shape index (κ1) is 20.4. The fourth-order valence-corrected chi connectivity index (χ4v) is 3.52. The Kier molecular flexibility index (Phi) is 7.06. The van der Waals surface area contributed by atoms with Crippen LogP contribution in [-0.2, 0) is 11.2 Å². The molecule has 28 heavy (non-hydrogen) atoms. The average molecular weight is 400 g/mol. The van der Waals surface area contributed by atoms with Gasteiger partial charge in [0.15, 0.2) is 0 Å². The molecule has 1 atom stereocenters. The molecular weight excluding hydrogens is 374 g/mol. The van der Waals surface area contributed by atoms with Crippen LogP contribution in [0.1, 0.15) is 22.8 Å². The second-order valence-corrected chi connectivity index (χ2v) is 7.42. The van der Waals surface area contributed by atoms with Gasteiger partial charge in [0.05, 0.1) is 0 Å². The van der Waals surface area contributed by atoms with E-state index in [9.17, 15) is 9.59 Å². The van der Waals surface area contributed by atoms with E-state index in [1.165, 1.54) is 0 Å². The largest absolute Gasteiger partial charge is 0.340 e. The van der Waals surface area contributed by atoms with Crippen LogP contribution < -0.4 is 5.32 Å². The maximum Gasteiger partial charge on any atom is 0.251 e. The summed E-state index contributed by atoms with van der Waals surface area (Å²) in [5.74, 6) is -0.292. The summed E-state index contributed by atoms with van der Waals surface area (Å²) in [6, 6.07) is 15.9. The predicted molar refractivity (Wildman–Crippen MR) is 112 cm³/mol. The number of hydrogen-bond donors (Lipinski definition) is 1. The summed E-state index contributed by atoms with van der Waals surface area (Å²) in [6.07, 6.45) is 0.465. The summed E-state index contributed by atoms with van der Waals surface area (Å²) in [6.45, 7) is 6.23. The van der Waals surface area contributed by atoms with E-state index < -0.39 is 6.04 Å². The van der Waals surface area contributed by atoms with Gasteiger partial charge in [-0.05, 0) is 36.4 Å². The molecule has 2 aromatic carbocycles. The number of nitrogens with one attached hydrogen (secondary N) is 1. The first-order valence-electron chi connectivity index (χ1n) is 9.68. The third-order valence-electron chi connectivity index (χ3n) is 5.12. The van der Waals surface area contributed by atoms with Gasteiger partial charge in [0.25, 0.3) is 5.91 Å². The summed E-state index contributed by atoms with van der Waals surface area (Å²) in [7, 11) is 0. The summed E-state index contributed by atoms with van der Waals surface area (Å²) in [5.41, 5.74) is 1.51. The molecule has 1 N–H and O–H groups in total. The van der Waals surface area contributed by atoms with Crippen molar-refractivity contribution in [3.63, 3.8) is 0 Å². The van der Waals surface area contributed by atoms with Crippen LogP contribution >= 0.6 is 11.6 Å². The molecule has 1 fully saturated rings. The quantitative estimate of drug-likeness (QED) is 0.812. The van der Waals surface area contributed by atoms with Gasteiger partial charge in [0, 0.05) is 43.2 Å². The maximum absolute atomic E-state index is 13.2. The molecule has 0 saturated carbocycles. The van der Waals surface area contributed by atoms with Crippen LogP contribution in [0.5, 0.6) is 0 Å². The minimum Gasteiger partial charge on any atom is -0.340 e. The Morgan fingerprint density at radius 2 is 1.64 bits per heavy atom. The SMILES string of the molecule is CCN1CCN(C(=O)C(Cc2ccccc2)NC(=O)c2ccc(Cl)cc2)CC1. The van der Waals surface area contributed by atoms with E-state index in [0.29, 0.717) is 30.1 Å². The van der Waals surface area contributed by atoms with Crippen molar-refractivity contribution in [1.29, 1.82) is 0 Å². The first-order chi connectivity index (χ1) is 13.6. The molecule has 1 aliphatic rings. The molecule has 1 heterocycles. The fourth-order valence-electron chi connectivity index (χ4n) is 3.40. The highest BCUT2D eigenvalue weighted by molar-refractivity contribution is 6.30. The van der Waals surface area contributed by atoms with E-state index in [2.05, 4.69) is 17.1 Å². The normalized spacial score (nSPS) is 15.9. The number of benzene rings is 2. The van der Waals surface area contributed by atoms with Gasteiger partial charge in [-0.25, -0.2) is 0 Å². The monoisotopic (exact) mass is 399 g/mol. The Balaban J connectivity index is 1.73. The van der Waals surface area contributed by atoms with E-state index in [4.69, 9.17) is 11.6 Å². The van der Waals surface area contributed by atoms with Crippen LogP contribution in [0, 0.1) is 0 Å². The molecule has 1 aliphatic heterocycles. The number of rotatable bonds is 6. The molecule has 0 aliphatic carbocycles. The minimum atomic E-state index is -0.598. The van der Waals surface area contributed by atoms with Crippen molar-refractivity contribution in [1.82, 2.24) is 15.1 Å². The lowest BCUT2D eigenvalue weighted by molar-refractivity contribution is -0.135. The number of carbonyl (C=O) groups is 2. The first-order valence-corrected chi connectivity index (χ1v) is 10.1. The summed E-state index contributed by atoms with van der Waals surface area (Å²) in [4.78, 5) is 30.1. The number of likely N-dealkylation sites (N-methyl/N-ethyl adjacent to an activating group) is 1. The molecule has 2 amide bonds. The number of halogens is 1. The predicted octanol–water partition coefficient (Wildman–Crippen LogP) is 2.85. The molecule has 0 radical (unpaired) electrons. The van der Waals surface area contributed by atoms with Crippen LogP contribution in [0.2, 0.25) is 5.02 Å². The molecule has 2 aromatic rings. The molecular formula is C22H26ClN3O2. The van der Waals surface area contributed by atoms with Crippen molar-refractivity contribution in [3.05, 3.63) is 70.7 Å². The fraction of sp³-hybridized carbons (Fsp3) is 0.364. The van der Waals surface area contributed by atoms with Crippen LogP contribution in [0.15, 0.2) is 54.6 Å². The van der Waals surface area contributed by atoms with Crippen LogP contribution in [-0.4, -0.2) is 60.4 Å². The minimum absolute atomic E-state index is 0.0260. The molecule has 1 unspecified atom stereocenters. The van der Waals surface area contributed by atoms with Crippen molar-refractivity contribution in [2.24, 2.45) is 0 Å². The number of nitrogens with zero attached hydrogens (tertiary/aromatic N) is 2. The van der Waals surface area contributed by atoms with Crippen molar-refractivity contribution < 1.29 is 9.59 Å². The van der Waals surface area contributed by atoms with Crippen LogP contribution in [0.3, 0.4) is 0 Å².